The van der Waals surface area contributed by atoms with Crippen LogP contribution >= 0.6 is 11.5 Å². The molecule has 0 spiro atoms. The smallest absolute Gasteiger partial charge is 0.174 e. The summed E-state index contributed by atoms with van der Waals surface area (Å²) in [4.78, 5) is 4.91. The summed E-state index contributed by atoms with van der Waals surface area (Å²) in [6, 6.07) is 27.9. The quantitative estimate of drug-likeness (QED) is 0.290. The molecule has 29 heavy (non-hydrogen) atoms. The second kappa shape index (κ2) is 6.78. The van der Waals surface area contributed by atoms with Crippen molar-refractivity contribution in [2.75, 3.05) is 0 Å². The molecule has 0 amide bonds. The maximum Gasteiger partial charge on any atom is 0.174 e. The third-order valence-electron chi connectivity index (χ3n) is 5.43. The van der Waals surface area contributed by atoms with Gasteiger partial charge in [-0.3, -0.25) is 0 Å². The van der Waals surface area contributed by atoms with Crippen molar-refractivity contribution in [2.45, 2.75) is 26.2 Å². The van der Waals surface area contributed by atoms with E-state index in [-0.39, 0.29) is 5.41 Å². The van der Waals surface area contributed by atoms with Crippen LogP contribution in [0.1, 0.15) is 26.3 Å². The van der Waals surface area contributed by atoms with Crippen LogP contribution in [0.5, 0.6) is 0 Å². The molecule has 0 radical (unpaired) electrons. The van der Waals surface area contributed by atoms with E-state index in [0.717, 1.165) is 22.0 Å². The van der Waals surface area contributed by atoms with E-state index in [1.54, 1.807) is 0 Å². The molecule has 0 aliphatic carbocycles. The van der Waals surface area contributed by atoms with Crippen LogP contribution in [0.3, 0.4) is 0 Å². The van der Waals surface area contributed by atoms with Crippen molar-refractivity contribution in [1.29, 1.82) is 0 Å². The summed E-state index contributed by atoms with van der Waals surface area (Å²) in [5.41, 5.74) is 3.68. The van der Waals surface area contributed by atoms with Crippen molar-refractivity contribution in [3.8, 4) is 22.0 Å². The maximum absolute atomic E-state index is 4.91. The lowest BCUT2D eigenvalue weighted by molar-refractivity contribution is 0.590. The number of hydrogen-bond acceptors (Lipinski definition) is 3. The molecule has 0 saturated heterocycles. The Morgan fingerprint density at radius 1 is 0.724 bits per heavy atom. The molecule has 1 aromatic heterocycles. The second-order valence-electron chi connectivity index (χ2n) is 8.44. The van der Waals surface area contributed by atoms with Crippen LogP contribution in [0.15, 0.2) is 78.9 Å². The first-order chi connectivity index (χ1) is 14.0. The zero-order chi connectivity index (χ0) is 20.0. The monoisotopic (exact) mass is 394 g/mol. The molecule has 0 aliphatic rings. The molecule has 0 unspecified atom stereocenters. The van der Waals surface area contributed by atoms with E-state index in [2.05, 4.69) is 99.6 Å². The van der Waals surface area contributed by atoms with E-state index >= 15 is 0 Å². The molecule has 5 rings (SSSR count). The molecule has 142 valence electrons. The SMILES string of the molecule is CC(C)(C)c1ccc(-c2nc(-c3cc4ccccc4c4ccccc34)ns2)cc1. The Morgan fingerprint density at radius 2 is 1.38 bits per heavy atom. The Kier molecular flexibility index (Phi) is 4.21. The van der Waals surface area contributed by atoms with Gasteiger partial charge in [0, 0.05) is 11.1 Å². The number of rotatable bonds is 2. The van der Waals surface area contributed by atoms with Gasteiger partial charge < -0.3 is 0 Å². The Balaban J connectivity index is 1.62. The highest BCUT2D eigenvalue weighted by Gasteiger charge is 2.16. The van der Waals surface area contributed by atoms with Crippen LogP contribution in [0.4, 0.5) is 0 Å². The standard InChI is InChI=1S/C26H22N2S/c1-26(2,3)19-14-12-17(13-15-19)25-27-24(28-29-25)23-16-18-8-4-5-9-20(18)21-10-6-7-11-22(21)23/h4-16H,1-3H3. The molecule has 0 bridgehead atoms. The van der Waals surface area contributed by atoms with Gasteiger partial charge in [-0.2, -0.15) is 4.37 Å². The van der Waals surface area contributed by atoms with Crippen LogP contribution in [0.25, 0.3) is 43.5 Å². The molecular formula is C26H22N2S. The molecule has 0 N–H and O–H groups in total. The van der Waals surface area contributed by atoms with Crippen molar-refractivity contribution < 1.29 is 0 Å². The first-order valence-corrected chi connectivity index (χ1v) is 10.6. The fourth-order valence-corrected chi connectivity index (χ4v) is 4.48. The summed E-state index contributed by atoms with van der Waals surface area (Å²) in [5, 5.41) is 5.87. The van der Waals surface area contributed by atoms with Crippen molar-refractivity contribution in [3.63, 3.8) is 0 Å². The first kappa shape index (κ1) is 18.0. The molecule has 0 saturated carbocycles. The highest BCUT2D eigenvalue weighted by atomic mass is 32.1. The number of aromatic nitrogens is 2. The van der Waals surface area contributed by atoms with Crippen LogP contribution in [0.2, 0.25) is 0 Å². The average molecular weight is 395 g/mol. The number of fused-ring (bicyclic) bond motifs is 3. The summed E-state index contributed by atoms with van der Waals surface area (Å²) < 4.78 is 4.72. The Bertz CT molecular complexity index is 1320. The van der Waals surface area contributed by atoms with Crippen LogP contribution in [-0.2, 0) is 5.41 Å². The van der Waals surface area contributed by atoms with Crippen molar-refractivity contribution in [2.24, 2.45) is 0 Å². The third kappa shape index (κ3) is 3.22. The second-order valence-corrected chi connectivity index (χ2v) is 9.19. The zero-order valence-corrected chi connectivity index (χ0v) is 17.6. The number of benzene rings is 4. The van der Waals surface area contributed by atoms with Crippen molar-refractivity contribution >= 4 is 33.1 Å². The average Bonchev–Trinajstić information content (AvgIpc) is 3.23. The first-order valence-electron chi connectivity index (χ1n) is 9.86. The van der Waals surface area contributed by atoms with Gasteiger partial charge in [-0.05, 0) is 50.1 Å². The summed E-state index contributed by atoms with van der Waals surface area (Å²) in [7, 11) is 0. The van der Waals surface area contributed by atoms with Crippen LogP contribution < -0.4 is 0 Å². The van der Waals surface area contributed by atoms with Gasteiger partial charge in [-0.1, -0.05) is 93.6 Å². The highest BCUT2D eigenvalue weighted by molar-refractivity contribution is 7.09. The van der Waals surface area contributed by atoms with Gasteiger partial charge in [-0.15, -0.1) is 0 Å². The Hall–Kier alpha value is -3.04. The van der Waals surface area contributed by atoms with Crippen molar-refractivity contribution in [3.05, 3.63) is 84.4 Å². The molecule has 1 heterocycles. The van der Waals surface area contributed by atoms with E-state index < -0.39 is 0 Å². The van der Waals surface area contributed by atoms with Gasteiger partial charge in [0.25, 0.3) is 0 Å². The summed E-state index contributed by atoms with van der Waals surface area (Å²) in [5.74, 6) is 0.798. The van der Waals surface area contributed by atoms with Gasteiger partial charge in [0.15, 0.2) is 5.82 Å². The largest absolute Gasteiger partial charge is 0.215 e. The normalized spacial score (nSPS) is 12.0. The lowest BCUT2D eigenvalue weighted by Gasteiger charge is -2.18. The number of nitrogens with zero attached hydrogens (tertiary/aromatic N) is 2. The van der Waals surface area contributed by atoms with Gasteiger partial charge in [-0.25, -0.2) is 4.98 Å². The highest BCUT2D eigenvalue weighted by Crippen LogP contribution is 2.35. The van der Waals surface area contributed by atoms with E-state index in [9.17, 15) is 0 Å². The van der Waals surface area contributed by atoms with E-state index in [0.29, 0.717) is 0 Å². The Labute approximate surface area is 175 Å². The summed E-state index contributed by atoms with van der Waals surface area (Å²) >= 11 is 1.46. The molecule has 0 atom stereocenters. The van der Waals surface area contributed by atoms with Gasteiger partial charge in [0.1, 0.15) is 5.01 Å². The van der Waals surface area contributed by atoms with E-state index in [1.165, 1.54) is 38.6 Å². The predicted molar refractivity (Wildman–Crippen MR) is 124 cm³/mol. The topological polar surface area (TPSA) is 25.8 Å². The number of hydrogen-bond donors (Lipinski definition) is 0. The Morgan fingerprint density at radius 3 is 2.10 bits per heavy atom. The maximum atomic E-state index is 4.91. The summed E-state index contributed by atoms with van der Waals surface area (Å²) in [6.45, 7) is 6.70. The minimum absolute atomic E-state index is 0.148. The van der Waals surface area contributed by atoms with Gasteiger partial charge in [0.2, 0.25) is 0 Å². The lowest BCUT2D eigenvalue weighted by atomic mass is 9.87. The van der Waals surface area contributed by atoms with E-state index in [1.807, 2.05) is 0 Å². The van der Waals surface area contributed by atoms with Gasteiger partial charge >= 0.3 is 0 Å². The molecule has 3 heteroatoms. The van der Waals surface area contributed by atoms with Crippen LogP contribution in [0, 0.1) is 0 Å². The third-order valence-corrected chi connectivity index (χ3v) is 6.20. The fourth-order valence-electron chi connectivity index (χ4n) is 3.80. The molecule has 0 fully saturated rings. The molecule has 4 aromatic carbocycles. The minimum atomic E-state index is 0.148. The summed E-state index contributed by atoms with van der Waals surface area (Å²) in [6.07, 6.45) is 0. The molecular weight excluding hydrogens is 372 g/mol. The molecule has 2 nitrogen and oxygen atoms in total. The molecule has 0 aliphatic heterocycles. The van der Waals surface area contributed by atoms with Crippen LogP contribution in [-0.4, -0.2) is 9.36 Å². The van der Waals surface area contributed by atoms with Gasteiger partial charge in [0.05, 0.1) is 0 Å². The van der Waals surface area contributed by atoms with Crippen molar-refractivity contribution in [1.82, 2.24) is 9.36 Å². The lowest BCUT2D eigenvalue weighted by Crippen LogP contribution is -2.10. The van der Waals surface area contributed by atoms with E-state index in [4.69, 9.17) is 9.36 Å². The zero-order valence-electron chi connectivity index (χ0n) is 16.8. The molecule has 5 aromatic rings. The fraction of sp³-hybridized carbons (Fsp3) is 0.154. The predicted octanol–water partition coefficient (Wildman–Crippen LogP) is 7.48. The minimum Gasteiger partial charge on any atom is -0.215 e.